The molecule has 2 rings (SSSR count). The lowest BCUT2D eigenvalue weighted by Crippen LogP contribution is -2.27. The molecule has 2 aliphatic rings. The van der Waals surface area contributed by atoms with Gasteiger partial charge in [0.1, 0.15) is 5.67 Å². The van der Waals surface area contributed by atoms with Crippen molar-refractivity contribution in [2.24, 2.45) is 16.2 Å². The number of fused-ring (bicyclic) bond motifs is 1. The SMILES string of the molecule is CC1(C)CCC2(C)C(C)(F)C12C. The van der Waals surface area contributed by atoms with E-state index in [9.17, 15) is 4.39 Å². The summed E-state index contributed by atoms with van der Waals surface area (Å²) in [6.45, 7) is 10.4. The Kier molecular flexibility index (Phi) is 1.14. The molecule has 0 amide bonds. The smallest absolute Gasteiger partial charge is 0.120 e. The molecule has 3 unspecified atom stereocenters. The summed E-state index contributed by atoms with van der Waals surface area (Å²) in [5.74, 6) is 0. The van der Waals surface area contributed by atoms with Crippen LogP contribution in [0.2, 0.25) is 0 Å². The van der Waals surface area contributed by atoms with Crippen molar-refractivity contribution < 1.29 is 4.39 Å². The molecule has 12 heavy (non-hydrogen) atoms. The predicted molar refractivity (Wildman–Crippen MR) is 48.7 cm³/mol. The van der Waals surface area contributed by atoms with Gasteiger partial charge in [-0.05, 0) is 25.2 Å². The molecule has 0 aromatic rings. The van der Waals surface area contributed by atoms with Gasteiger partial charge in [-0.1, -0.05) is 27.7 Å². The summed E-state index contributed by atoms with van der Waals surface area (Å²) in [6.07, 6.45) is 2.24. The first-order chi connectivity index (χ1) is 5.21. The molecule has 0 heterocycles. The van der Waals surface area contributed by atoms with E-state index in [4.69, 9.17) is 0 Å². The predicted octanol–water partition coefficient (Wildman–Crippen LogP) is 3.56. The minimum absolute atomic E-state index is 0.0382. The third-order valence-electron chi connectivity index (χ3n) is 5.62. The third kappa shape index (κ3) is 0.473. The molecule has 0 nitrogen and oxygen atoms in total. The molecule has 0 N–H and O–H groups in total. The molecule has 2 aliphatic carbocycles. The molecular formula is C11H19F. The van der Waals surface area contributed by atoms with Gasteiger partial charge in [0.2, 0.25) is 0 Å². The maximum absolute atomic E-state index is 14.2. The zero-order valence-corrected chi connectivity index (χ0v) is 8.79. The second kappa shape index (κ2) is 1.60. The summed E-state index contributed by atoms with van der Waals surface area (Å²) in [4.78, 5) is 0. The lowest BCUT2D eigenvalue weighted by Gasteiger charge is -2.30. The van der Waals surface area contributed by atoms with Crippen molar-refractivity contribution in [2.45, 2.75) is 53.1 Å². The molecule has 2 saturated carbocycles. The summed E-state index contributed by atoms with van der Waals surface area (Å²) in [6, 6.07) is 0. The van der Waals surface area contributed by atoms with Gasteiger partial charge in [-0.25, -0.2) is 4.39 Å². The lowest BCUT2D eigenvalue weighted by atomic mass is 9.75. The van der Waals surface area contributed by atoms with Crippen molar-refractivity contribution in [3.05, 3.63) is 0 Å². The van der Waals surface area contributed by atoms with Crippen LogP contribution in [0.3, 0.4) is 0 Å². The van der Waals surface area contributed by atoms with Gasteiger partial charge in [0.15, 0.2) is 0 Å². The van der Waals surface area contributed by atoms with E-state index in [2.05, 4.69) is 27.7 Å². The quantitative estimate of drug-likeness (QED) is 0.521. The Bertz CT molecular complexity index is 231. The maximum atomic E-state index is 14.2. The van der Waals surface area contributed by atoms with E-state index >= 15 is 0 Å². The second-order valence-corrected chi connectivity index (χ2v) is 5.84. The molecule has 70 valence electrons. The van der Waals surface area contributed by atoms with Crippen molar-refractivity contribution in [2.75, 3.05) is 0 Å². The van der Waals surface area contributed by atoms with Gasteiger partial charge in [-0.15, -0.1) is 0 Å². The highest BCUT2D eigenvalue weighted by Crippen LogP contribution is 2.86. The van der Waals surface area contributed by atoms with Gasteiger partial charge in [0.25, 0.3) is 0 Å². The Morgan fingerprint density at radius 2 is 1.42 bits per heavy atom. The summed E-state index contributed by atoms with van der Waals surface area (Å²) < 4.78 is 14.2. The second-order valence-electron chi connectivity index (χ2n) is 5.84. The molecule has 0 aromatic carbocycles. The van der Waals surface area contributed by atoms with Crippen molar-refractivity contribution in [3.8, 4) is 0 Å². The molecule has 0 saturated heterocycles. The van der Waals surface area contributed by atoms with Gasteiger partial charge in [-0.2, -0.15) is 0 Å². The molecule has 0 bridgehead atoms. The van der Waals surface area contributed by atoms with Crippen LogP contribution in [0, 0.1) is 16.2 Å². The first-order valence-electron chi connectivity index (χ1n) is 4.90. The van der Waals surface area contributed by atoms with Crippen LogP contribution in [-0.4, -0.2) is 5.67 Å². The van der Waals surface area contributed by atoms with Gasteiger partial charge >= 0.3 is 0 Å². The molecular weight excluding hydrogens is 151 g/mol. The van der Waals surface area contributed by atoms with Crippen LogP contribution in [0.25, 0.3) is 0 Å². The van der Waals surface area contributed by atoms with Crippen molar-refractivity contribution in [1.82, 2.24) is 0 Å². The summed E-state index contributed by atoms with van der Waals surface area (Å²) in [5, 5.41) is 0. The molecule has 3 atom stereocenters. The van der Waals surface area contributed by atoms with Gasteiger partial charge < -0.3 is 0 Å². The zero-order chi connectivity index (χ0) is 9.41. The molecule has 0 spiro atoms. The number of rotatable bonds is 0. The van der Waals surface area contributed by atoms with Gasteiger partial charge in [-0.3, -0.25) is 0 Å². The topological polar surface area (TPSA) is 0 Å². The van der Waals surface area contributed by atoms with Crippen molar-refractivity contribution in [3.63, 3.8) is 0 Å². The highest BCUT2D eigenvalue weighted by molar-refractivity contribution is 5.35. The lowest BCUT2D eigenvalue weighted by molar-refractivity contribution is 0.121. The molecule has 1 heteroatoms. The van der Waals surface area contributed by atoms with Crippen molar-refractivity contribution >= 4 is 0 Å². The Morgan fingerprint density at radius 3 is 1.58 bits per heavy atom. The third-order valence-corrected chi connectivity index (χ3v) is 5.62. The Labute approximate surface area is 74.5 Å². The highest BCUT2D eigenvalue weighted by atomic mass is 19.1. The fourth-order valence-corrected chi connectivity index (χ4v) is 3.84. The largest absolute Gasteiger partial charge is 0.243 e. The molecule has 0 aromatic heterocycles. The number of alkyl halides is 1. The van der Waals surface area contributed by atoms with E-state index < -0.39 is 5.67 Å². The minimum Gasteiger partial charge on any atom is -0.243 e. The fourth-order valence-electron chi connectivity index (χ4n) is 3.84. The van der Waals surface area contributed by atoms with Crippen LogP contribution in [0.15, 0.2) is 0 Å². The first kappa shape index (κ1) is 8.52. The number of hydrogen-bond donors (Lipinski definition) is 0. The summed E-state index contributed by atoms with van der Waals surface area (Å²) >= 11 is 0. The van der Waals surface area contributed by atoms with E-state index in [0.717, 1.165) is 6.42 Å². The molecule has 0 radical (unpaired) electrons. The van der Waals surface area contributed by atoms with Crippen LogP contribution in [-0.2, 0) is 0 Å². The van der Waals surface area contributed by atoms with E-state index in [0.29, 0.717) is 0 Å². The summed E-state index contributed by atoms with van der Waals surface area (Å²) in [5.41, 5.74) is -0.858. The highest BCUT2D eigenvalue weighted by Gasteiger charge is 2.87. The van der Waals surface area contributed by atoms with E-state index in [-0.39, 0.29) is 16.2 Å². The van der Waals surface area contributed by atoms with Crippen LogP contribution in [0.5, 0.6) is 0 Å². The van der Waals surface area contributed by atoms with Crippen molar-refractivity contribution in [1.29, 1.82) is 0 Å². The van der Waals surface area contributed by atoms with Crippen LogP contribution in [0.1, 0.15) is 47.5 Å². The average molecular weight is 170 g/mol. The first-order valence-corrected chi connectivity index (χ1v) is 4.90. The van der Waals surface area contributed by atoms with Crippen LogP contribution < -0.4 is 0 Å². The Balaban J connectivity index is 2.48. The standard InChI is InChI=1S/C11H19F/c1-8(2)6-7-9(3)10(8,4)11(9,5)12/h6-7H2,1-5H3. The minimum atomic E-state index is -0.929. The normalized spacial score (nSPS) is 61.5. The zero-order valence-electron chi connectivity index (χ0n) is 8.79. The average Bonchev–Trinajstić information content (AvgIpc) is 2.14. The van der Waals surface area contributed by atoms with Gasteiger partial charge in [0, 0.05) is 10.8 Å². The molecule has 2 fully saturated rings. The fraction of sp³-hybridized carbons (Fsp3) is 1.00. The number of hydrogen-bond acceptors (Lipinski definition) is 0. The Hall–Kier alpha value is -0.0700. The Morgan fingerprint density at radius 1 is 0.917 bits per heavy atom. The monoisotopic (exact) mass is 170 g/mol. The maximum Gasteiger partial charge on any atom is 0.120 e. The van der Waals surface area contributed by atoms with Crippen LogP contribution in [0.4, 0.5) is 4.39 Å². The van der Waals surface area contributed by atoms with E-state index in [1.54, 1.807) is 6.92 Å². The molecule has 0 aliphatic heterocycles. The number of halogens is 1. The van der Waals surface area contributed by atoms with Gasteiger partial charge in [0.05, 0.1) is 0 Å². The van der Waals surface area contributed by atoms with E-state index in [1.807, 2.05) is 0 Å². The van der Waals surface area contributed by atoms with E-state index in [1.165, 1.54) is 6.42 Å². The summed E-state index contributed by atoms with van der Waals surface area (Å²) in [7, 11) is 0. The van der Waals surface area contributed by atoms with Crippen LogP contribution >= 0.6 is 0 Å².